The minimum absolute atomic E-state index is 0.288. The quantitative estimate of drug-likeness (QED) is 0.747. The first-order chi connectivity index (χ1) is 8.93. The van der Waals surface area contributed by atoms with Crippen LogP contribution in [0.25, 0.3) is 0 Å². The Bertz CT molecular complexity index is 554. The van der Waals surface area contributed by atoms with Crippen LogP contribution in [0.2, 0.25) is 0 Å². The minimum atomic E-state index is -0.615. The lowest BCUT2D eigenvalue weighted by molar-refractivity contribution is -0.133. The van der Waals surface area contributed by atoms with E-state index >= 15 is 0 Å². The highest BCUT2D eigenvalue weighted by Crippen LogP contribution is 2.30. The third kappa shape index (κ3) is 2.16. The summed E-state index contributed by atoms with van der Waals surface area (Å²) in [6, 6.07) is 6.46. The SMILES string of the molecule is CN1C(=O)CC(=O)N(c2ccccc2N(C)C)C1=O. The summed E-state index contributed by atoms with van der Waals surface area (Å²) in [5.74, 6) is -0.976. The molecule has 0 atom stereocenters. The molecule has 0 aromatic heterocycles. The van der Waals surface area contributed by atoms with E-state index in [0.717, 1.165) is 15.5 Å². The number of imide groups is 2. The summed E-state index contributed by atoms with van der Waals surface area (Å²) in [5, 5.41) is 0. The highest BCUT2D eigenvalue weighted by molar-refractivity contribution is 6.26. The molecule has 2 rings (SSSR count). The Morgan fingerprint density at radius 1 is 1.05 bits per heavy atom. The van der Waals surface area contributed by atoms with E-state index in [4.69, 9.17) is 0 Å². The number of rotatable bonds is 2. The first-order valence-electron chi connectivity index (χ1n) is 5.83. The van der Waals surface area contributed by atoms with Gasteiger partial charge in [-0.05, 0) is 12.1 Å². The number of hydrogen-bond donors (Lipinski definition) is 0. The van der Waals surface area contributed by atoms with Crippen LogP contribution in [0.1, 0.15) is 6.42 Å². The number of nitrogens with zero attached hydrogens (tertiary/aromatic N) is 3. The average Bonchev–Trinajstić information content (AvgIpc) is 2.36. The van der Waals surface area contributed by atoms with Crippen LogP contribution in [0.15, 0.2) is 24.3 Å². The lowest BCUT2D eigenvalue weighted by Crippen LogP contribution is -2.53. The molecular formula is C13H15N3O3. The second-order valence-electron chi connectivity index (χ2n) is 4.52. The van der Waals surface area contributed by atoms with Crippen LogP contribution < -0.4 is 9.80 Å². The lowest BCUT2D eigenvalue weighted by Gasteiger charge is -2.32. The van der Waals surface area contributed by atoms with Gasteiger partial charge in [0.05, 0.1) is 11.4 Å². The van der Waals surface area contributed by atoms with Gasteiger partial charge in [0.15, 0.2) is 0 Å². The fraction of sp³-hybridized carbons (Fsp3) is 0.308. The molecule has 0 unspecified atom stereocenters. The molecule has 0 spiro atoms. The van der Waals surface area contributed by atoms with Gasteiger partial charge in [0.1, 0.15) is 6.42 Å². The van der Waals surface area contributed by atoms with Gasteiger partial charge in [-0.2, -0.15) is 0 Å². The second-order valence-corrected chi connectivity index (χ2v) is 4.52. The first kappa shape index (κ1) is 13.1. The van der Waals surface area contributed by atoms with E-state index in [1.54, 1.807) is 12.1 Å². The highest BCUT2D eigenvalue weighted by Gasteiger charge is 2.37. The van der Waals surface area contributed by atoms with Crippen molar-refractivity contribution in [2.75, 3.05) is 30.9 Å². The maximum Gasteiger partial charge on any atom is 0.337 e. The standard InChI is InChI=1S/C13H15N3O3/c1-14(2)9-6-4-5-7-10(9)16-12(18)8-11(17)15(3)13(16)19/h4-7H,8H2,1-3H3. The fourth-order valence-corrected chi connectivity index (χ4v) is 1.96. The van der Waals surface area contributed by atoms with Gasteiger partial charge in [0.25, 0.3) is 0 Å². The van der Waals surface area contributed by atoms with E-state index in [9.17, 15) is 14.4 Å². The van der Waals surface area contributed by atoms with Crippen LogP contribution in [0.4, 0.5) is 16.2 Å². The molecule has 1 aromatic carbocycles. The molecule has 19 heavy (non-hydrogen) atoms. The zero-order chi connectivity index (χ0) is 14.2. The summed E-state index contributed by atoms with van der Waals surface area (Å²) in [6.45, 7) is 0. The number of carbonyl (C=O) groups excluding carboxylic acids is 3. The lowest BCUT2D eigenvalue weighted by atomic mass is 10.2. The predicted octanol–water partition coefficient (Wildman–Crippen LogP) is 1.07. The normalized spacial score (nSPS) is 16.1. The van der Waals surface area contributed by atoms with Gasteiger partial charge in [-0.15, -0.1) is 0 Å². The van der Waals surface area contributed by atoms with E-state index in [0.29, 0.717) is 5.69 Å². The molecule has 1 aliphatic rings. The van der Waals surface area contributed by atoms with Crippen molar-refractivity contribution < 1.29 is 14.4 Å². The number of carbonyl (C=O) groups is 3. The molecule has 1 aromatic rings. The van der Waals surface area contributed by atoms with Crippen LogP contribution in [-0.2, 0) is 9.59 Å². The zero-order valence-electron chi connectivity index (χ0n) is 11.1. The Kier molecular flexibility index (Phi) is 3.25. The Morgan fingerprint density at radius 2 is 1.68 bits per heavy atom. The summed E-state index contributed by atoms with van der Waals surface area (Å²) in [6.07, 6.45) is -0.288. The van der Waals surface area contributed by atoms with Crippen LogP contribution in [0.3, 0.4) is 0 Å². The van der Waals surface area contributed by atoms with Crippen molar-refractivity contribution in [2.24, 2.45) is 0 Å². The first-order valence-corrected chi connectivity index (χ1v) is 5.83. The molecule has 6 nitrogen and oxygen atoms in total. The molecule has 6 heteroatoms. The molecule has 100 valence electrons. The van der Waals surface area contributed by atoms with Crippen molar-refractivity contribution in [1.29, 1.82) is 0 Å². The van der Waals surface area contributed by atoms with Crippen molar-refractivity contribution in [1.82, 2.24) is 4.90 Å². The van der Waals surface area contributed by atoms with Crippen LogP contribution in [0.5, 0.6) is 0 Å². The van der Waals surface area contributed by atoms with Gasteiger partial charge in [0.2, 0.25) is 11.8 Å². The van der Waals surface area contributed by atoms with E-state index in [1.807, 2.05) is 31.1 Å². The van der Waals surface area contributed by atoms with Crippen molar-refractivity contribution in [3.63, 3.8) is 0 Å². The third-order valence-electron chi connectivity index (χ3n) is 3.01. The third-order valence-corrected chi connectivity index (χ3v) is 3.01. The Balaban J connectivity index is 2.49. The Hall–Kier alpha value is -2.37. The second kappa shape index (κ2) is 4.72. The smallest absolute Gasteiger partial charge is 0.337 e. The predicted molar refractivity (Wildman–Crippen MR) is 71.0 cm³/mol. The van der Waals surface area contributed by atoms with Gasteiger partial charge in [-0.25, -0.2) is 9.69 Å². The van der Waals surface area contributed by atoms with Gasteiger partial charge >= 0.3 is 6.03 Å². The molecule has 1 aliphatic heterocycles. The number of anilines is 2. The Morgan fingerprint density at radius 3 is 2.32 bits per heavy atom. The van der Waals surface area contributed by atoms with Crippen molar-refractivity contribution in [2.45, 2.75) is 6.42 Å². The van der Waals surface area contributed by atoms with Gasteiger partial charge in [-0.1, -0.05) is 12.1 Å². The van der Waals surface area contributed by atoms with Crippen molar-refractivity contribution in [3.8, 4) is 0 Å². The number of barbiturate groups is 1. The number of hydrogen-bond acceptors (Lipinski definition) is 4. The zero-order valence-corrected chi connectivity index (χ0v) is 11.1. The fourth-order valence-electron chi connectivity index (χ4n) is 1.96. The molecule has 0 aliphatic carbocycles. The summed E-state index contributed by atoms with van der Waals surface area (Å²) >= 11 is 0. The number of benzene rings is 1. The summed E-state index contributed by atoms with van der Waals surface area (Å²) in [7, 11) is 5.03. The van der Waals surface area contributed by atoms with Gasteiger partial charge in [-0.3, -0.25) is 14.5 Å². The molecule has 0 N–H and O–H groups in total. The van der Waals surface area contributed by atoms with Crippen LogP contribution >= 0.6 is 0 Å². The van der Waals surface area contributed by atoms with Crippen LogP contribution in [0, 0.1) is 0 Å². The highest BCUT2D eigenvalue weighted by atomic mass is 16.2. The van der Waals surface area contributed by atoms with E-state index in [2.05, 4.69) is 0 Å². The average molecular weight is 261 g/mol. The molecule has 1 saturated heterocycles. The van der Waals surface area contributed by atoms with Crippen molar-refractivity contribution in [3.05, 3.63) is 24.3 Å². The summed E-state index contributed by atoms with van der Waals surface area (Å²) in [4.78, 5) is 39.4. The number of urea groups is 1. The maximum absolute atomic E-state index is 12.1. The molecule has 0 radical (unpaired) electrons. The van der Waals surface area contributed by atoms with Crippen molar-refractivity contribution >= 4 is 29.2 Å². The molecule has 1 heterocycles. The van der Waals surface area contributed by atoms with Crippen LogP contribution in [-0.4, -0.2) is 43.9 Å². The maximum atomic E-state index is 12.1. The minimum Gasteiger partial charge on any atom is -0.376 e. The Labute approximate surface area is 111 Å². The largest absolute Gasteiger partial charge is 0.376 e. The van der Waals surface area contributed by atoms with E-state index < -0.39 is 17.8 Å². The summed E-state index contributed by atoms with van der Waals surface area (Å²) in [5.41, 5.74) is 1.23. The molecule has 4 amide bonds. The number of para-hydroxylation sites is 2. The van der Waals surface area contributed by atoms with E-state index in [1.165, 1.54) is 7.05 Å². The topological polar surface area (TPSA) is 60.9 Å². The molecule has 1 fully saturated rings. The van der Waals surface area contributed by atoms with Gasteiger partial charge < -0.3 is 4.90 Å². The number of amides is 4. The molecule has 0 bridgehead atoms. The van der Waals surface area contributed by atoms with Gasteiger partial charge in [0, 0.05) is 21.1 Å². The summed E-state index contributed by atoms with van der Waals surface area (Å²) < 4.78 is 0. The monoisotopic (exact) mass is 261 g/mol. The molecule has 0 saturated carbocycles. The van der Waals surface area contributed by atoms with E-state index in [-0.39, 0.29) is 6.42 Å². The molecular weight excluding hydrogens is 246 g/mol.